The SMILES string of the molecule is CC[C@H](O)C(C)(C)CO. The van der Waals surface area contributed by atoms with Gasteiger partial charge in [-0.2, -0.15) is 0 Å². The molecule has 0 aliphatic heterocycles. The molecule has 2 nitrogen and oxygen atoms in total. The predicted octanol–water partition coefficient (Wildman–Crippen LogP) is 0.776. The van der Waals surface area contributed by atoms with Crippen LogP contribution in [0.3, 0.4) is 0 Å². The number of aliphatic hydroxyl groups excluding tert-OH is 2. The Balaban J connectivity index is 3.80. The first-order valence-electron chi connectivity index (χ1n) is 3.33. The molecule has 9 heavy (non-hydrogen) atoms. The molecular formula is C7H16O2. The first-order valence-corrected chi connectivity index (χ1v) is 3.33. The minimum absolute atomic E-state index is 0.0437. The van der Waals surface area contributed by atoms with Crippen LogP contribution < -0.4 is 0 Å². The van der Waals surface area contributed by atoms with Crippen molar-refractivity contribution < 1.29 is 10.2 Å². The molecule has 0 saturated heterocycles. The van der Waals surface area contributed by atoms with E-state index in [1.807, 2.05) is 20.8 Å². The maximum absolute atomic E-state index is 9.23. The number of rotatable bonds is 3. The monoisotopic (exact) mass is 132 g/mol. The van der Waals surface area contributed by atoms with Crippen molar-refractivity contribution in [2.24, 2.45) is 5.41 Å². The lowest BCUT2D eigenvalue weighted by atomic mass is 9.86. The Morgan fingerprint density at radius 1 is 1.44 bits per heavy atom. The van der Waals surface area contributed by atoms with Crippen LogP contribution in [-0.2, 0) is 0 Å². The van der Waals surface area contributed by atoms with Gasteiger partial charge in [0.15, 0.2) is 0 Å². The fourth-order valence-electron chi connectivity index (χ4n) is 0.658. The number of hydrogen-bond donors (Lipinski definition) is 2. The normalized spacial score (nSPS) is 15.7. The van der Waals surface area contributed by atoms with Gasteiger partial charge in [-0.1, -0.05) is 20.8 Å². The number of hydrogen-bond acceptors (Lipinski definition) is 2. The molecule has 0 unspecified atom stereocenters. The van der Waals surface area contributed by atoms with Crippen LogP contribution in [-0.4, -0.2) is 22.9 Å². The molecule has 2 N–H and O–H groups in total. The van der Waals surface area contributed by atoms with Crippen molar-refractivity contribution in [1.82, 2.24) is 0 Å². The lowest BCUT2D eigenvalue weighted by molar-refractivity contribution is 0.00591. The zero-order valence-corrected chi connectivity index (χ0v) is 6.39. The second kappa shape index (κ2) is 3.18. The van der Waals surface area contributed by atoms with E-state index < -0.39 is 0 Å². The van der Waals surface area contributed by atoms with Gasteiger partial charge in [0.1, 0.15) is 0 Å². The molecule has 2 heteroatoms. The van der Waals surface area contributed by atoms with E-state index in [1.54, 1.807) is 0 Å². The lowest BCUT2D eigenvalue weighted by Gasteiger charge is -2.26. The average molecular weight is 132 g/mol. The minimum Gasteiger partial charge on any atom is -0.396 e. The second-order valence-electron chi connectivity index (χ2n) is 3.07. The Morgan fingerprint density at radius 3 is 2.00 bits per heavy atom. The van der Waals surface area contributed by atoms with Gasteiger partial charge in [0.25, 0.3) is 0 Å². The van der Waals surface area contributed by atoms with E-state index in [4.69, 9.17) is 5.11 Å². The maximum Gasteiger partial charge on any atom is 0.0610 e. The molecule has 0 aromatic carbocycles. The molecule has 0 amide bonds. The van der Waals surface area contributed by atoms with Crippen LogP contribution in [0.4, 0.5) is 0 Å². The van der Waals surface area contributed by atoms with Crippen LogP contribution >= 0.6 is 0 Å². The van der Waals surface area contributed by atoms with Crippen molar-refractivity contribution in [2.75, 3.05) is 6.61 Å². The van der Waals surface area contributed by atoms with E-state index >= 15 is 0 Å². The van der Waals surface area contributed by atoms with Crippen LogP contribution in [0.2, 0.25) is 0 Å². The van der Waals surface area contributed by atoms with E-state index in [2.05, 4.69) is 0 Å². The van der Waals surface area contributed by atoms with E-state index in [-0.39, 0.29) is 18.1 Å². The van der Waals surface area contributed by atoms with E-state index in [0.717, 1.165) is 0 Å². The van der Waals surface area contributed by atoms with Gasteiger partial charge in [-0.25, -0.2) is 0 Å². The topological polar surface area (TPSA) is 40.5 Å². The molecule has 0 bridgehead atoms. The van der Waals surface area contributed by atoms with Crippen molar-refractivity contribution in [3.05, 3.63) is 0 Å². The largest absolute Gasteiger partial charge is 0.396 e. The summed E-state index contributed by atoms with van der Waals surface area (Å²) in [7, 11) is 0. The van der Waals surface area contributed by atoms with Gasteiger partial charge < -0.3 is 10.2 Å². The van der Waals surface area contributed by atoms with Crippen molar-refractivity contribution >= 4 is 0 Å². The van der Waals surface area contributed by atoms with Crippen molar-refractivity contribution in [3.63, 3.8) is 0 Å². The van der Waals surface area contributed by atoms with Crippen LogP contribution in [0.25, 0.3) is 0 Å². The zero-order valence-electron chi connectivity index (χ0n) is 6.39. The first kappa shape index (κ1) is 8.92. The van der Waals surface area contributed by atoms with Crippen LogP contribution in [0.5, 0.6) is 0 Å². The minimum atomic E-state index is -0.387. The molecule has 1 atom stereocenters. The molecule has 0 aliphatic carbocycles. The predicted molar refractivity (Wildman–Crippen MR) is 37.2 cm³/mol. The summed E-state index contributed by atoms with van der Waals surface area (Å²) in [4.78, 5) is 0. The van der Waals surface area contributed by atoms with Crippen molar-refractivity contribution in [1.29, 1.82) is 0 Å². The molecule has 0 aliphatic rings. The second-order valence-corrected chi connectivity index (χ2v) is 3.07. The summed E-state index contributed by atoms with van der Waals surface area (Å²) in [5.41, 5.74) is -0.339. The van der Waals surface area contributed by atoms with Gasteiger partial charge in [-0.05, 0) is 6.42 Å². The fraction of sp³-hybridized carbons (Fsp3) is 1.00. The Kier molecular flexibility index (Phi) is 3.15. The van der Waals surface area contributed by atoms with E-state index in [0.29, 0.717) is 6.42 Å². The molecule has 56 valence electrons. The first-order chi connectivity index (χ1) is 4.04. The lowest BCUT2D eigenvalue weighted by Crippen LogP contribution is -2.31. The Morgan fingerprint density at radius 2 is 1.89 bits per heavy atom. The molecular weight excluding hydrogens is 116 g/mol. The van der Waals surface area contributed by atoms with Gasteiger partial charge in [0, 0.05) is 5.41 Å². The molecule has 0 saturated carbocycles. The van der Waals surface area contributed by atoms with Crippen LogP contribution in [0.1, 0.15) is 27.2 Å². The summed E-state index contributed by atoms with van der Waals surface area (Å²) in [6, 6.07) is 0. The van der Waals surface area contributed by atoms with Crippen molar-refractivity contribution in [3.8, 4) is 0 Å². The Hall–Kier alpha value is -0.0800. The summed E-state index contributed by atoms with van der Waals surface area (Å²) in [6.45, 7) is 5.65. The highest BCUT2D eigenvalue weighted by Gasteiger charge is 2.24. The summed E-state index contributed by atoms with van der Waals surface area (Å²) >= 11 is 0. The molecule has 0 aromatic rings. The molecule has 0 rings (SSSR count). The van der Waals surface area contributed by atoms with Gasteiger partial charge in [-0.3, -0.25) is 0 Å². The summed E-state index contributed by atoms with van der Waals surface area (Å²) in [5, 5.41) is 18.0. The summed E-state index contributed by atoms with van der Waals surface area (Å²) in [5.74, 6) is 0. The quantitative estimate of drug-likeness (QED) is 0.595. The highest BCUT2D eigenvalue weighted by atomic mass is 16.3. The highest BCUT2D eigenvalue weighted by molar-refractivity contribution is 4.74. The Bertz CT molecular complexity index is 79.0. The van der Waals surface area contributed by atoms with Gasteiger partial charge in [-0.15, -0.1) is 0 Å². The van der Waals surface area contributed by atoms with Gasteiger partial charge in [0.05, 0.1) is 12.7 Å². The van der Waals surface area contributed by atoms with E-state index in [9.17, 15) is 5.11 Å². The molecule has 0 radical (unpaired) electrons. The fourth-order valence-corrected chi connectivity index (χ4v) is 0.658. The molecule has 0 aromatic heterocycles. The molecule has 0 spiro atoms. The Labute approximate surface area is 56.5 Å². The molecule has 0 fully saturated rings. The smallest absolute Gasteiger partial charge is 0.0610 e. The summed E-state index contributed by atoms with van der Waals surface area (Å²) < 4.78 is 0. The van der Waals surface area contributed by atoms with E-state index in [1.165, 1.54) is 0 Å². The van der Waals surface area contributed by atoms with Crippen molar-refractivity contribution in [2.45, 2.75) is 33.3 Å². The third kappa shape index (κ3) is 2.33. The van der Waals surface area contributed by atoms with Crippen LogP contribution in [0.15, 0.2) is 0 Å². The summed E-state index contributed by atoms with van der Waals surface area (Å²) in [6.07, 6.45) is 0.315. The van der Waals surface area contributed by atoms with Crippen LogP contribution in [0, 0.1) is 5.41 Å². The van der Waals surface area contributed by atoms with Gasteiger partial charge >= 0.3 is 0 Å². The highest BCUT2D eigenvalue weighted by Crippen LogP contribution is 2.21. The standard InChI is InChI=1S/C7H16O2/c1-4-6(9)7(2,3)5-8/h6,8-9H,4-5H2,1-3H3/t6-/m0/s1. The third-order valence-corrected chi connectivity index (χ3v) is 1.70. The maximum atomic E-state index is 9.23. The average Bonchev–Trinajstić information content (AvgIpc) is 1.86. The van der Waals surface area contributed by atoms with Gasteiger partial charge in [0.2, 0.25) is 0 Å². The zero-order chi connectivity index (χ0) is 7.49. The molecule has 0 heterocycles. The third-order valence-electron chi connectivity index (χ3n) is 1.70. The number of aliphatic hydroxyl groups is 2.